The van der Waals surface area contributed by atoms with E-state index in [1.54, 1.807) is 47.7 Å². The summed E-state index contributed by atoms with van der Waals surface area (Å²) in [5, 5.41) is 1.00. The second kappa shape index (κ2) is 13.0. The average molecular weight is 638 g/mol. The molecule has 46 heavy (non-hydrogen) atoms. The molecule has 8 nitrogen and oxygen atoms in total. The number of hydrogen-bond donors (Lipinski definition) is 0. The van der Waals surface area contributed by atoms with Gasteiger partial charge in [-0.25, -0.2) is 9.18 Å². The molecular formula is C37H48FNO7. The number of pyridine rings is 1. The van der Waals surface area contributed by atoms with Crippen molar-refractivity contribution in [1.82, 2.24) is 4.98 Å². The standard InChI is InChI=1S/C37H48FNO7/c1-10-29-37(9)34(6,20-30(40)46-37)25(5)31(41)22(2)19-35(7,24(4)23(3)32(42)36(8,38)33(43)45-29)44-17-13-14-26-18-27-15-11-12-16-28(27)39-21-26/h11-16,18,21-25,29H,10,17,19-20H2,1-9H3/b14-13+/t22-,23-,24-,25+,29-,34-,35-,36+,37-/m1/s1. The van der Waals surface area contributed by atoms with Gasteiger partial charge in [0, 0.05) is 34.8 Å². The second-order valence-electron chi connectivity index (χ2n) is 14.1. The first-order valence-corrected chi connectivity index (χ1v) is 16.3. The zero-order valence-corrected chi connectivity index (χ0v) is 28.5. The number of carbonyl (C=O) groups excluding carboxylic acids is 4. The van der Waals surface area contributed by atoms with Gasteiger partial charge in [0.1, 0.15) is 11.9 Å². The molecule has 250 valence electrons. The minimum Gasteiger partial charge on any atom is -0.455 e. The summed E-state index contributed by atoms with van der Waals surface area (Å²) in [4.78, 5) is 58.5. The van der Waals surface area contributed by atoms with Crippen LogP contribution in [0.1, 0.15) is 87.1 Å². The van der Waals surface area contributed by atoms with Gasteiger partial charge in [0.25, 0.3) is 5.67 Å². The molecule has 1 aromatic heterocycles. The third-order valence-electron chi connectivity index (χ3n) is 11.2. The lowest BCUT2D eigenvalue weighted by molar-refractivity contribution is -0.198. The lowest BCUT2D eigenvalue weighted by Crippen LogP contribution is -2.58. The van der Waals surface area contributed by atoms with Crippen molar-refractivity contribution in [1.29, 1.82) is 0 Å². The molecule has 2 aliphatic rings. The molecular weight excluding hydrogens is 589 g/mol. The third-order valence-corrected chi connectivity index (χ3v) is 11.2. The van der Waals surface area contributed by atoms with Gasteiger partial charge in [0.2, 0.25) is 0 Å². The number of Topliss-reactive ketones (excluding diaryl/α,β-unsaturated/α-hetero) is 2. The monoisotopic (exact) mass is 637 g/mol. The number of ether oxygens (including phenoxy) is 3. The maximum absolute atomic E-state index is 16.2. The predicted octanol–water partition coefficient (Wildman–Crippen LogP) is 6.87. The van der Waals surface area contributed by atoms with E-state index in [-0.39, 0.29) is 31.7 Å². The number of hydrogen-bond acceptors (Lipinski definition) is 8. The number of fused-ring (bicyclic) bond motifs is 2. The molecule has 0 N–H and O–H groups in total. The van der Waals surface area contributed by atoms with Crippen LogP contribution in [-0.4, -0.2) is 58.1 Å². The molecule has 0 aliphatic carbocycles. The SMILES string of the molecule is CC[C@H]1OC(=O)[C@@](C)(F)C(=O)[C@H](C)[C@@H](C)[C@](C)(OC/C=C/c2cnc3ccccc3c2)C[C@@H](C)C(=O)[C@H](C)[C@@]2(C)CC(=O)O[C@]12C. The van der Waals surface area contributed by atoms with Gasteiger partial charge in [-0.05, 0) is 57.2 Å². The van der Waals surface area contributed by atoms with E-state index in [9.17, 15) is 19.2 Å². The van der Waals surface area contributed by atoms with Crippen molar-refractivity contribution in [2.24, 2.45) is 29.1 Å². The Morgan fingerprint density at radius 2 is 1.72 bits per heavy atom. The number of esters is 2. The van der Waals surface area contributed by atoms with Crippen LogP contribution in [0, 0.1) is 29.1 Å². The van der Waals surface area contributed by atoms with Crippen molar-refractivity contribution in [3.63, 3.8) is 0 Å². The Kier molecular flexibility index (Phi) is 9.98. The van der Waals surface area contributed by atoms with Crippen LogP contribution in [0.25, 0.3) is 17.0 Å². The average Bonchev–Trinajstić information content (AvgIpc) is 3.27. The van der Waals surface area contributed by atoms with Crippen LogP contribution in [0.5, 0.6) is 0 Å². The zero-order chi connectivity index (χ0) is 34.2. The molecule has 9 atom stereocenters. The Hall–Kier alpha value is -3.46. The number of benzene rings is 1. The summed E-state index contributed by atoms with van der Waals surface area (Å²) < 4.78 is 34.2. The summed E-state index contributed by atoms with van der Waals surface area (Å²) in [7, 11) is 0. The first kappa shape index (κ1) is 35.4. The summed E-state index contributed by atoms with van der Waals surface area (Å²) in [6.07, 6.45) is 4.77. The fraction of sp³-hybridized carbons (Fsp3) is 0.595. The van der Waals surface area contributed by atoms with Crippen LogP contribution in [0.3, 0.4) is 0 Å². The lowest BCUT2D eigenvalue weighted by Gasteiger charge is -2.47. The quantitative estimate of drug-likeness (QED) is 0.258. The van der Waals surface area contributed by atoms with Crippen molar-refractivity contribution < 1.29 is 37.8 Å². The number of aromatic nitrogens is 1. The van der Waals surface area contributed by atoms with Crippen LogP contribution >= 0.6 is 0 Å². The highest BCUT2D eigenvalue weighted by molar-refractivity contribution is 6.07. The summed E-state index contributed by atoms with van der Waals surface area (Å²) in [6.45, 7) is 15.0. The predicted molar refractivity (Wildman–Crippen MR) is 173 cm³/mol. The van der Waals surface area contributed by atoms with Gasteiger partial charge in [-0.1, -0.05) is 71.9 Å². The van der Waals surface area contributed by atoms with Gasteiger partial charge in [-0.3, -0.25) is 19.4 Å². The number of halogens is 1. The topological polar surface area (TPSA) is 109 Å². The minimum absolute atomic E-state index is 0.0708. The Labute approximate surface area is 271 Å². The molecule has 2 aliphatic heterocycles. The van der Waals surface area contributed by atoms with Gasteiger partial charge in [0.15, 0.2) is 11.4 Å². The number of ketones is 2. The van der Waals surface area contributed by atoms with Crippen LogP contribution in [0.15, 0.2) is 42.6 Å². The number of alkyl halides is 1. The van der Waals surface area contributed by atoms with Crippen molar-refractivity contribution in [3.8, 4) is 0 Å². The van der Waals surface area contributed by atoms with Crippen molar-refractivity contribution in [3.05, 3.63) is 48.2 Å². The summed E-state index contributed by atoms with van der Waals surface area (Å²) >= 11 is 0. The molecule has 0 saturated carbocycles. The number of para-hydroxylation sites is 1. The Morgan fingerprint density at radius 3 is 2.39 bits per heavy atom. The van der Waals surface area contributed by atoms with E-state index in [4.69, 9.17) is 14.2 Å². The molecule has 0 unspecified atom stereocenters. The fourth-order valence-corrected chi connectivity index (χ4v) is 7.42. The van der Waals surface area contributed by atoms with E-state index >= 15 is 4.39 Å². The molecule has 2 aromatic rings. The summed E-state index contributed by atoms with van der Waals surface area (Å²) in [6, 6.07) is 9.82. The van der Waals surface area contributed by atoms with Gasteiger partial charge < -0.3 is 14.2 Å². The van der Waals surface area contributed by atoms with E-state index in [1.807, 2.05) is 56.3 Å². The highest BCUT2D eigenvalue weighted by Gasteiger charge is 2.64. The lowest BCUT2D eigenvalue weighted by atomic mass is 9.60. The number of cyclic esters (lactones) is 1. The second-order valence-corrected chi connectivity index (χ2v) is 14.1. The molecule has 4 rings (SSSR count). The molecule has 0 spiro atoms. The molecule has 2 saturated heterocycles. The normalized spacial score (nSPS) is 38.0. The van der Waals surface area contributed by atoms with Crippen LogP contribution in [-0.2, 0) is 33.4 Å². The Balaban J connectivity index is 1.70. The van der Waals surface area contributed by atoms with Gasteiger partial charge >= 0.3 is 11.9 Å². The number of carbonyl (C=O) groups is 4. The Morgan fingerprint density at radius 1 is 1.04 bits per heavy atom. The van der Waals surface area contributed by atoms with Gasteiger partial charge in [0.05, 0.1) is 24.1 Å². The van der Waals surface area contributed by atoms with E-state index in [2.05, 4.69) is 4.98 Å². The first-order chi connectivity index (χ1) is 21.4. The van der Waals surface area contributed by atoms with E-state index in [0.29, 0.717) is 0 Å². The van der Waals surface area contributed by atoms with Gasteiger partial charge in [-0.2, -0.15) is 0 Å². The van der Waals surface area contributed by atoms with Crippen LogP contribution < -0.4 is 0 Å². The Bertz CT molecular complexity index is 1540. The molecule has 0 radical (unpaired) electrons. The smallest absolute Gasteiger partial charge is 0.351 e. The maximum Gasteiger partial charge on any atom is 0.351 e. The van der Waals surface area contributed by atoms with Crippen molar-refractivity contribution in [2.75, 3.05) is 6.61 Å². The number of nitrogens with zero attached hydrogens (tertiary/aromatic N) is 1. The molecule has 2 fully saturated rings. The molecule has 0 amide bonds. The minimum atomic E-state index is -2.96. The summed E-state index contributed by atoms with van der Waals surface area (Å²) in [5.74, 6) is -5.68. The molecule has 1 aromatic carbocycles. The largest absolute Gasteiger partial charge is 0.455 e. The zero-order valence-electron chi connectivity index (χ0n) is 28.5. The van der Waals surface area contributed by atoms with Crippen LogP contribution in [0.2, 0.25) is 0 Å². The van der Waals surface area contributed by atoms with E-state index < -0.39 is 69.8 Å². The molecule has 3 heterocycles. The van der Waals surface area contributed by atoms with Crippen molar-refractivity contribution in [2.45, 2.75) is 105 Å². The van der Waals surface area contributed by atoms with E-state index in [0.717, 1.165) is 23.4 Å². The number of rotatable bonds is 5. The van der Waals surface area contributed by atoms with Crippen molar-refractivity contribution >= 4 is 40.5 Å². The first-order valence-electron chi connectivity index (χ1n) is 16.3. The highest BCUT2D eigenvalue weighted by Crippen LogP contribution is 2.54. The van der Waals surface area contributed by atoms with E-state index in [1.165, 1.54) is 0 Å². The van der Waals surface area contributed by atoms with Crippen LogP contribution in [0.4, 0.5) is 4.39 Å². The molecule has 0 bridgehead atoms. The summed E-state index contributed by atoms with van der Waals surface area (Å²) in [5.41, 5.74) is -4.75. The maximum atomic E-state index is 16.2. The van der Waals surface area contributed by atoms with Gasteiger partial charge in [-0.15, -0.1) is 0 Å². The molecule has 9 heteroatoms. The highest BCUT2D eigenvalue weighted by atomic mass is 19.1. The fourth-order valence-electron chi connectivity index (χ4n) is 7.42. The third kappa shape index (κ3) is 6.27.